The normalized spacial score (nSPS) is 23.2. The van der Waals surface area contributed by atoms with Crippen molar-refractivity contribution in [3.8, 4) is 0 Å². The molecule has 3 aliphatic rings. The number of carbonyl (C=O) groups excluding carboxylic acids is 2. The first-order valence-electron chi connectivity index (χ1n) is 12.8. The molecule has 6 heteroatoms. The summed E-state index contributed by atoms with van der Waals surface area (Å²) in [6, 6.07) is 18.7. The molecule has 0 aromatic heterocycles. The fraction of sp³-hybridized carbons (Fsp3) is 0.500. The highest BCUT2D eigenvalue weighted by Gasteiger charge is 2.46. The lowest BCUT2D eigenvalue weighted by molar-refractivity contribution is -0.135. The molecule has 180 valence electrons. The number of aryl methyl sites for hydroxylation is 1. The first-order valence-corrected chi connectivity index (χ1v) is 12.8. The van der Waals surface area contributed by atoms with Gasteiger partial charge in [0.25, 0.3) is 5.91 Å². The lowest BCUT2D eigenvalue weighted by atomic mass is 10.1. The molecule has 1 saturated carbocycles. The van der Waals surface area contributed by atoms with Crippen LogP contribution in [0.3, 0.4) is 0 Å². The van der Waals surface area contributed by atoms with Crippen molar-refractivity contribution < 1.29 is 9.59 Å². The molecule has 6 nitrogen and oxygen atoms in total. The van der Waals surface area contributed by atoms with Gasteiger partial charge < -0.3 is 15.1 Å². The van der Waals surface area contributed by atoms with Gasteiger partial charge in [-0.25, -0.2) is 0 Å². The molecule has 0 radical (unpaired) electrons. The van der Waals surface area contributed by atoms with Crippen LogP contribution in [0.5, 0.6) is 0 Å². The van der Waals surface area contributed by atoms with Crippen LogP contribution in [-0.2, 0) is 11.3 Å². The average Bonchev–Trinajstić information content (AvgIpc) is 3.66. The third-order valence-electron chi connectivity index (χ3n) is 7.47. The number of amides is 2. The molecular formula is C28H36N4O2. The van der Waals surface area contributed by atoms with Crippen molar-refractivity contribution in [2.24, 2.45) is 0 Å². The summed E-state index contributed by atoms with van der Waals surface area (Å²) in [5.74, 6) is 0.0892. The monoisotopic (exact) mass is 460 g/mol. The molecule has 3 fully saturated rings. The van der Waals surface area contributed by atoms with E-state index in [1.54, 1.807) is 0 Å². The van der Waals surface area contributed by atoms with Gasteiger partial charge in [-0.05, 0) is 56.8 Å². The maximum absolute atomic E-state index is 13.8. The lowest BCUT2D eigenvalue weighted by Gasteiger charge is -2.29. The molecular weight excluding hydrogens is 424 g/mol. The summed E-state index contributed by atoms with van der Waals surface area (Å²) in [7, 11) is 0. The summed E-state index contributed by atoms with van der Waals surface area (Å²) >= 11 is 0. The average molecular weight is 461 g/mol. The van der Waals surface area contributed by atoms with Gasteiger partial charge in [0.05, 0.1) is 0 Å². The number of hydrogen-bond donors (Lipinski definition) is 1. The van der Waals surface area contributed by atoms with Crippen LogP contribution in [0.1, 0.15) is 47.2 Å². The Morgan fingerprint density at radius 2 is 1.74 bits per heavy atom. The van der Waals surface area contributed by atoms with Crippen LogP contribution < -0.4 is 5.32 Å². The van der Waals surface area contributed by atoms with Crippen molar-refractivity contribution in [3.63, 3.8) is 0 Å². The Morgan fingerprint density at radius 3 is 2.47 bits per heavy atom. The van der Waals surface area contributed by atoms with Crippen molar-refractivity contribution in [1.29, 1.82) is 0 Å². The zero-order valence-corrected chi connectivity index (χ0v) is 20.2. The number of benzene rings is 2. The highest BCUT2D eigenvalue weighted by atomic mass is 16.2. The Hall–Kier alpha value is -2.70. The first-order chi connectivity index (χ1) is 16.6. The van der Waals surface area contributed by atoms with E-state index in [1.165, 1.54) is 18.4 Å². The van der Waals surface area contributed by atoms with E-state index in [0.29, 0.717) is 31.1 Å². The van der Waals surface area contributed by atoms with Gasteiger partial charge in [-0.3, -0.25) is 14.5 Å². The molecule has 1 N–H and O–H groups in total. The van der Waals surface area contributed by atoms with Crippen molar-refractivity contribution in [2.45, 2.75) is 57.3 Å². The van der Waals surface area contributed by atoms with Gasteiger partial charge in [0.1, 0.15) is 6.04 Å². The maximum Gasteiger partial charge on any atom is 0.254 e. The molecule has 5 rings (SSSR count). The zero-order valence-electron chi connectivity index (χ0n) is 20.2. The SMILES string of the molecule is Cc1ccc(C(=O)N2CC(N(Cc3ccccc3)C3CC3)CC2C(=O)N2CCCNCC2)cc1. The fourth-order valence-corrected chi connectivity index (χ4v) is 5.41. The molecule has 2 amide bonds. The minimum atomic E-state index is -0.395. The molecule has 2 aliphatic heterocycles. The summed E-state index contributed by atoms with van der Waals surface area (Å²) < 4.78 is 0. The second-order valence-corrected chi connectivity index (χ2v) is 10.0. The van der Waals surface area contributed by atoms with Crippen LogP contribution in [-0.4, -0.2) is 77.4 Å². The van der Waals surface area contributed by atoms with Crippen LogP contribution >= 0.6 is 0 Å². The minimum Gasteiger partial charge on any atom is -0.340 e. The molecule has 2 unspecified atom stereocenters. The smallest absolute Gasteiger partial charge is 0.254 e. The largest absolute Gasteiger partial charge is 0.340 e. The van der Waals surface area contributed by atoms with E-state index < -0.39 is 6.04 Å². The number of nitrogens with zero attached hydrogens (tertiary/aromatic N) is 3. The Labute approximate surface area is 202 Å². The van der Waals surface area contributed by atoms with Crippen molar-refractivity contribution in [1.82, 2.24) is 20.0 Å². The first kappa shape index (κ1) is 23.1. The highest BCUT2D eigenvalue weighted by molar-refractivity contribution is 5.98. The third kappa shape index (κ3) is 5.18. The zero-order chi connectivity index (χ0) is 23.5. The van der Waals surface area contributed by atoms with Gasteiger partial charge in [-0.2, -0.15) is 0 Å². The predicted molar refractivity (Wildman–Crippen MR) is 133 cm³/mol. The number of hydrogen-bond acceptors (Lipinski definition) is 4. The predicted octanol–water partition coefficient (Wildman–Crippen LogP) is 3.06. The summed E-state index contributed by atoms with van der Waals surface area (Å²) in [4.78, 5) is 33.8. The van der Waals surface area contributed by atoms with E-state index >= 15 is 0 Å². The Bertz CT molecular complexity index is 981. The molecule has 2 atom stereocenters. The standard InChI is InChI=1S/C28H36N4O2/c1-21-8-10-23(11-9-21)27(33)32-20-25(18-26(32)28(34)30-16-5-14-29-15-17-30)31(24-12-13-24)19-22-6-3-2-4-7-22/h2-4,6-11,24-26,29H,5,12-20H2,1H3. The molecule has 2 aromatic carbocycles. The maximum atomic E-state index is 13.8. The Balaban J connectivity index is 1.40. The Kier molecular flexibility index (Phi) is 6.97. The van der Waals surface area contributed by atoms with E-state index in [4.69, 9.17) is 0 Å². The highest BCUT2D eigenvalue weighted by Crippen LogP contribution is 2.35. The van der Waals surface area contributed by atoms with Gasteiger partial charge >= 0.3 is 0 Å². The number of carbonyl (C=O) groups is 2. The molecule has 2 heterocycles. The van der Waals surface area contributed by atoms with Crippen molar-refractivity contribution >= 4 is 11.8 Å². The number of nitrogens with one attached hydrogen (secondary N) is 1. The fourth-order valence-electron chi connectivity index (χ4n) is 5.41. The Morgan fingerprint density at radius 1 is 0.971 bits per heavy atom. The molecule has 1 aliphatic carbocycles. The molecule has 2 aromatic rings. The van der Waals surface area contributed by atoms with E-state index in [2.05, 4.69) is 34.5 Å². The van der Waals surface area contributed by atoms with Gasteiger partial charge in [0.15, 0.2) is 0 Å². The van der Waals surface area contributed by atoms with Gasteiger partial charge in [0.2, 0.25) is 5.91 Å². The van der Waals surface area contributed by atoms with Crippen LogP contribution in [0, 0.1) is 6.92 Å². The van der Waals surface area contributed by atoms with E-state index in [1.807, 2.05) is 47.1 Å². The van der Waals surface area contributed by atoms with Crippen molar-refractivity contribution in [3.05, 3.63) is 71.3 Å². The second-order valence-electron chi connectivity index (χ2n) is 10.0. The summed E-state index contributed by atoms with van der Waals surface area (Å²) in [5, 5.41) is 3.38. The van der Waals surface area contributed by atoms with E-state index in [9.17, 15) is 9.59 Å². The van der Waals surface area contributed by atoms with Gasteiger partial charge in [0, 0.05) is 50.4 Å². The van der Waals surface area contributed by atoms with Crippen molar-refractivity contribution in [2.75, 3.05) is 32.7 Å². The molecule has 34 heavy (non-hydrogen) atoms. The molecule has 2 saturated heterocycles. The summed E-state index contributed by atoms with van der Waals surface area (Å²) in [6.07, 6.45) is 4.07. The molecule has 0 bridgehead atoms. The van der Waals surface area contributed by atoms with Gasteiger partial charge in [-0.15, -0.1) is 0 Å². The van der Waals surface area contributed by atoms with E-state index in [0.717, 1.165) is 38.2 Å². The van der Waals surface area contributed by atoms with Crippen LogP contribution in [0.2, 0.25) is 0 Å². The lowest BCUT2D eigenvalue weighted by Crippen LogP contribution is -2.48. The topological polar surface area (TPSA) is 55.9 Å². The van der Waals surface area contributed by atoms with Crippen LogP contribution in [0.25, 0.3) is 0 Å². The minimum absolute atomic E-state index is 0.0238. The van der Waals surface area contributed by atoms with E-state index in [-0.39, 0.29) is 17.9 Å². The summed E-state index contributed by atoms with van der Waals surface area (Å²) in [5.41, 5.74) is 3.09. The van der Waals surface area contributed by atoms with Gasteiger partial charge in [-0.1, -0.05) is 48.0 Å². The number of rotatable bonds is 6. The number of likely N-dealkylation sites (tertiary alicyclic amines) is 1. The van der Waals surface area contributed by atoms with Crippen LogP contribution in [0.15, 0.2) is 54.6 Å². The molecule has 0 spiro atoms. The third-order valence-corrected chi connectivity index (χ3v) is 7.47. The summed E-state index contributed by atoms with van der Waals surface area (Å²) in [6.45, 7) is 6.73. The second kappa shape index (κ2) is 10.3. The quantitative estimate of drug-likeness (QED) is 0.720. The van der Waals surface area contributed by atoms with Crippen LogP contribution in [0.4, 0.5) is 0 Å².